The molecule has 130 valence electrons. The normalized spacial score (nSPS) is 10.5. The zero-order valence-corrected chi connectivity index (χ0v) is 14.7. The smallest absolute Gasteiger partial charge is 0.273 e. The molecule has 1 N–H and O–H groups in total. The first-order chi connectivity index (χ1) is 12.0. The van der Waals surface area contributed by atoms with Crippen LogP contribution in [0.5, 0.6) is 5.75 Å². The van der Waals surface area contributed by atoms with Gasteiger partial charge in [-0.25, -0.2) is 0 Å². The van der Waals surface area contributed by atoms with Gasteiger partial charge in [0.15, 0.2) is 0 Å². The number of hydrogen-bond donors (Lipinski definition) is 1. The molecule has 8 nitrogen and oxygen atoms in total. The van der Waals surface area contributed by atoms with Crippen LogP contribution in [-0.2, 0) is 16.2 Å². The lowest BCUT2D eigenvalue weighted by Gasteiger charge is -2.08. The summed E-state index contributed by atoms with van der Waals surface area (Å²) in [7, 11) is 1.35. The maximum absolute atomic E-state index is 11.8. The number of carbonyl (C=O) groups is 1. The number of halogens is 1. The third-order valence-corrected chi connectivity index (χ3v) is 3.57. The molecule has 0 heterocycles. The van der Waals surface area contributed by atoms with Crippen molar-refractivity contribution in [3.05, 3.63) is 62.6 Å². The molecule has 0 fully saturated rings. The van der Waals surface area contributed by atoms with Gasteiger partial charge in [0.05, 0.1) is 23.8 Å². The van der Waals surface area contributed by atoms with Crippen molar-refractivity contribution in [2.75, 3.05) is 12.4 Å². The first-order valence-corrected chi connectivity index (χ1v) is 7.82. The first-order valence-electron chi connectivity index (χ1n) is 7.03. The van der Waals surface area contributed by atoms with Crippen molar-refractivity contribution >= 4 is 39.4 Å². The van der Waals surface area contributed by atoms with Crippen LogP contribution in [-0.4, -0.2) is 24.2 Å². The van der Waals surface area contributed by atoms with Crippen molar-refractivity contribution in [1.82, 2.24) is 0 Å². The van der Waals surface area contributed by atoms with Gasteiger partial charge < -0.3 is 14.9 Å². The predicted molar refractivity (Wildman–Crippen MR) is 95.7 cm³/mol. The van der Waals surface area contributed by atoms with E-state index < -0.39 is 10.8 Å². The molecule has 2 aromatic carbocycles. The lowest BCUT2D eigenvalue weighted by atomic mass is 10.2. The molecule has 25 heavy (non-hydrogen) atoms. The highest BCUT2D eigenvalue weighted by Gasteiger charge is 2.12. The molecule has 1 amide bonds. The van der Waals surface area contributed by atoms with Crippen molar-refractivity contribution in [3.8, 4) is 5.75 Å². The lowest BCUT2D eigenvalue weighted by molar-refractivity contribution is -0.384. The van der Waals surface area contributed by atoms with Gasteiger partial charge in [-0.05, 0) is 23.8 Å². The van der Waals surface area contributed by atoms with E-state index in [1.165, 1.54) is 25.3 Å². The SMILES string of the molecule is COc1cc([N+](=O)[O-])ccc1NC(=O)/C=N\OCc1ccc(Br)cc1. The number of nitro groups is 1. The van der Waals surface area contributed by atoms with E-state index in [9.17, 15) is 14.9 Å². The summed E-state index contributed by atoms with van der Waals surface area (Å²) in [4.78, 5) is 27.1. The Hall–Kier alpha value is -2.94. The topological polar surface area (TPSA) is 103 Å². The van der Waals surface area contributed by atoms with Crippen LogP contribution in [0.2, 0.25) is 0 Å². The molecule has 0 aliphatic rings. The number of nitro benzene ring substituents is 1. The maximum atomic E-state index is 11.8. The molecule has 0 atom stereocenters. The molecule has 0 aromatic heterocycles. The van der Waals surface area contributed by atoms with E-state index >= 15 is 0 Å². The molecule has 0 saturated heterocycles. The fourth-order valence-electron chi connectivity index (χ4n) is 1.84. The van der Waals surface area contributed by atoms with Gasteiger partial charge in [0.25, 0.3) is 11.6 Å². The van der Waals surface area contributed by atoms with Crippen molar-refractivity contribution in [2.24, 2.45) is 5.16 Å². The van der Waals surface area contributed by atoms with Crippen LogP contribution < -0.4 is 10.1 Å². The number of benzene rings is 2. The van der Waals surface area contributed by atoms with Crippen LogP contribution in [0.3, 0.4) is 0 Å². The molecular formula is C16H14BrN3O5. The first kappa shape index (κ1) is 18.4. The summed E-state index contributed by atoms with van der Waals surface area (Å²) < 4.78 is 5.99. The molecule has 0 aliphatic heterocycles. The second kappa shape index (κ2) is 8.78. The minimum absolute atomic E-state index is 0.138. The van der Waals surface area contributed by atoms with Crippen molar-refractivity contribution in [1.29, 1.82) is 0 Å². The van der Waals surface area contributed by atoms with Gasteiger partial charge in [0, 0.05) is 10.5 Å². The molecule has 0 bridgehead atoms. The number of nitrogens with one attached hydrogen (secondary N) is 1. The predicted octanol–water partition coefficient (Wildman–Crippen LogP) is 3.51. The van der Waals surface area contributed by atoms with E-state index in [4.69, 9.17) is 9.57 Å². The summed E-state index contributed by atoms with van der Waals surface area (Å²) in [5.41, 5.74) is 1.05. The number of hydrogen-bond acceptors (Lipinski definition) is 6. The number of oxime groups is 1. The minimum atomic E-state index is -0.553. The third kappa shape index (κ3) is 5.57. The number of methoxy groups -OCH3 is 1. The number of non-ortho nitro benzene ring substituents is 1. The van der Waals surface area contributed by atoms with Crippen LogP contribution >= 0.6 is 15.9 Å². The van der Waals surface area contributed by atoms with E-state index in [0.717, 1.165) is 16.3 Å². The van der Waals surface area contributed by atoms with Crippen LogP contribution in [0.4, 0.5) is 11.4 Å². The minimum Gasteiger partial charge on any atom is -0.494 e. The van der Waals surface area contributed by atoms with Gasteiger partial charge in [-0.15, -0.1) is 0 Å². The standard InChI is InChI=1S/C16H14BrN3O5/c1-24-15-8-13(20(22)23)6-7-14(15)19-16(21)9-18-25-10-11-2-4-12(17)5-3-11/h2-9H,10H2,1H3,(H,19,21)/b18-9-. The maximum Gasteiger partial charge on any atom is 0.273 e. The van der Waals surface area contributed by atoms with E-state index in [-0.39, 0.29) is 23.7 Å². The molecular weight excluding hydrogens is 394 g/mol. The van der Waals surface area contributed by atoms with Gasteiger partial charge in [0.2, 0.25) is 0 Å². The largest absolute Gasteiger partial charge is 0.494 e. The summed E-state index contributed by atoms with van der Waals surface area (Å²) in [5, 5.41) is 16.8. The molecule has 0 radical (unpaired) electrons. The van der Waals surface area contributed by atoms with Crippen molar-refractivity contribution < 1.29 is 19.3 Å². The Morgan fingerprint density at radius 3 is 2.68 bits per heavy atom. The highest BCUT2D eigenvalue weighted by atomic mass is 79.9. The second-order valence-electron chi connectivity index (χ2n) is 4.77. The Balaban J connectivity index is 1.91. The quantitative estimate of drug-likeness (QED) is 0.429. The Labute approximate surface area is 151 Å². The molecule has 0 aliphatic carbocycles. The summed E-state index contributed by atoms with van der Waals surface area (Å²) in [6.07, 6.45) is 0.972. The van der Waals surface area contributed by atoms with E-state index in [0.29, 0.717) is 0 Å². The average molecular weight is 408 g/mol. The Kier molecular flexibility index (Phi) is 6.47. The Morgan fingerprint density at radius 1 is 1.32 bits per heavy atom. The second-order valence-corrected chi connectivity index (χ2v) is 5.68. The lowest BCUT2D eigenvalue weighted by Crippen LogP contribution is -2.13. The summed E-state index contributed by atoms with van der Waals surface area (Å²) >= 11 is 3.33. The van der Waals surface area contributed by atoms with Gasteiger partial charge in [0.1, 0.15) is 18.6 Å². The van der Waals surface area contributed by atoms with Crippen LogP contribution in [0.25, 0.3) is 0 Å². The summed E-state index contributed by atoms with van der Waals surface area (Å²) in [6, 6.07) is 11.3. The fraction of sp³-hybridized carbons (Fsp3) is 0.125. The highest BCUT2D eigenvalue weighted by Crippen LogP contribution is 2.28. The molecule has 0 unspecified atom stereocenters. The highest BCUT2D eigenvalue weighted by molar-refractivity contribution is 9.10. The van der Waals surface area contributed by atoms with Gasteiger partial charge in [-0.3, -0.25) is 14.9 Å². The van der Waals surface area contributed by atoms with Crippen molar-refractivity contribution in [2.45, 2.75) is 6.61 Å². The zero-order valence-electron chi connectivity index (χ0n) is 13.1. The molecule has 2 aromatic rings. The van der Waals surface area contributed by atoms with E-state index in [2.05, 4.69) is 26.4 Å². The van der Waals surface area contributed by atoms with Crippen molar-refractivity contribution in [3.63, 3.8) is 0 Å². The van der Waals surface area contributed by atoms with E-state index in [1.807, 2.05) is 24.3 Å². The molecule has 9 heteroatoms. The van der Waals surface area contributed by atoms with Crippen LogP contribution in [0.1, 0.15) is 5.56 Å². The number of rotatable bonds is 7. The van der Waals surface area contributed by atoms with Gasteiger partial charge in [-0.1, -0.05) is 33.2 Å². The number of amides is 1. The number of anilines is 1. The van der Waals surface area contributed by atoms with Gasteiger partial charge in [-0.2, -0.15) is 0 Å². The summed E-state index contributed by atoms with van der Waals surface area (Å²) in [5.74, 6) is -0.380. The monoisotopic (exact) mass is 407 g/mol. The third-order valence-electron chi connectivity index (χ3n) is 3.04. The van der Waals surface area contributed by atoms with Gasteiger partial charge >= 0.3 is 0 Å². The molecule has 0 spiro atoms. The molecule has 2 rings (SSSR count). The Bertz CT molecular complexity index is 793. The zero-order chi connectivity index (χ0) is 18.2. The van der Waals surface area contributed by atoms with Crippen LogP contribution in [0, 0.1) is 10.1 Å². The van der Waals surface area contributed by atoms with E-state index in [1.54, 1.807) is 0 Å². The summed E-state index contributed by atoms with van der Waals surface area (Å²) in [6.45, 7) is 0.220. The molecule has 0 saturated carbocycles. The number of carbonyl (C=O) groups excluding carboxylic acids is 1. The average Bonchev–Trinajstić information content (AvgIpc) is 2.60. The Morgan fingerprint density at radius 2 is 2.04 bits per heavy atom. The number of nitrogens with zero attached hydrogens (tertiary/aromatic N) is 2. The fourth-order valence-corrected chi connectivity index (χ4v) is 2.10. The van der Waals surface area contributed by atoms with Crippen LogP contribution in [0.15, 0.2) is 52.1 Å². The number of ether oxygens (including phenoxy) is 1.